The van der Waals surface area contributed by atoms with Gasteiger partial charge in [0.25, 0.3) is 0 Å². The number of alkyl halides is 3. The van der Waals surface area contributed by atoms with Crippen LogP contribution >= 0.6 is 0 Å². The molecule has 17 heavy (non-hydrogen) atoms. The molecule has 1 aliphatic rings. The van der Waals surface area contributed by atoms with Crippen molar-refractivity contribution in [2.45, 2.75) is 44.5 Å². The number of hydrogen-bond donors (Lipinski definition) is 1. The van der Waals surface area contributed by atoms with E-state index in [1.54, 1.807) is 13.1 Å². The SMILES string of the molecule is Cc1nccn1C1CC(O)CCC1C(F)(F)F. The largest absolute Gasteiger partial charge is 0.393 e. The Kier molecular flexibility index (Phi) is 3.16. The van der Waals surface area contributed by atoms with Crippen LogP contribution in [-0.2, 0) is 0 Å². The number of rotatable bonds is 1. The number of hydrogen-bond acceptors (Lipinski definition) is 2. The Balaban J connectivity index is 2.29. The van der Waals surface area contributed by atoms with Crippen LogP contribution in [0, 0.1) is 12.8 Å². The number of aromatic nitrogens is 2. The quantitative estimate of drug-likeness (QED) is 0.829. The molecule has 0 aliphatic heterocycles. The van der Waals surface area contributed by atoms with Crippen LogP contribution in [0.1, 0.15) is 31.1 Å². The fraction of sp³-hybridized carbons (Fsp3) is 0.727. The highest BCUT2D eigenvalue weighted by Gasteiger charge is 2.48. The van der Waals surface area contributed by atoms with E-state index in [2.05, 4.69) is 4.98 Å². The zero-order chi connectivity index (χ0) is 12.6. The summed E-state index contributed by atoms with van der Waals surface area (Å²) in [4.78, 5) is 3.95. The number of imidazole rings is 1. The van der Waals surface area contributed by atoms with Gasteiger partial charge in [0, 0.05) is 18.4 Å². The molecule has 1 heterocycles. The molecule has 2 rings (SSSR count). The van der Waals surface area contributed by atoms with Gasteiger partial charge in [-0.05, 0) is 26.2 Å². The van der Waals surface area contributed by atoms with E-state index in [4.69, 9.17) is 0 Å². The van der Waals surface area contributed by atoms with E-state index in [0.29, 0.717) is 5.82 Å². The monoisotopic (exact) mass is 248 g/mol. The lowest BCUT2D eigenvalue weighted by Gasteiger charge is -2.36. The fourth-order valence-corrected chi connectivity index (χ4v) is 2.55. The number of nitrogens with zero attached hydrogens (tertiary/aromatic N) is 2. The van der Waals surface area contributed by atoms with Gasteiger partial charge in [-0.2, -0.15) is 13.2 Å². The molecular formula is C11H15F3N2O. The van der Waals surface area contributed by atoms with Gasteiger partial charge in [0.15, 0.2) is 0 Å². The summed E-state index contributed by atoms with van der Waals surface area (Å²) >= 11 is 0. The molecule has 3 unspecified atom stereocenters. The van der Waals surface area contributed by atoms with Crippen molar-refractivity contribution in [2.75, 3.05) is 0 Å². The Morgan fingerprint density at radius 1 is 1.41 bits per heavy atom. The lowest BCUT2D eigenvalue weighted by molar-refractivity contribution is -0.198. The van der Waals surface area contributed by atoms with Crippen LogP contribution in [0.4, 0.5) is 13.2 Å². The van der Waals surface area contributed by atoms with Gasteiger partial charge >= 0.3 is 6.18 Å². The van der Waals surface area contributed by atoms with Crippen molar-refractivity contribution in [3.8, 4) is 0 Å². The van der Waals surface area contributed by atoms with Crippen molar-refractivity contribution in [1.82, 2.24) is 9.55 Å². The second-order valence-corrected chi connectivity index (χ2v) is 4.56. The van der Waals surface area contributed by atoms with Crippen LogP contribution in [0.3, 0.4) is 0 Å². The van der Waals surface area contributed by atoms with E-state index >= 15 is 0 Å². The van der Waals surface area contributed by atoms with Crippen molar-refractivity contribution in [2.24, 2.45) is 5.92 Å². The average Bonchev–Trinajstić information content (AvgIpc) is 2.62. The first-order valence-corrected chi connectivity index (χ1v) is 5.64. The first-order chi connectivity index (χ1) is 7.89. The van der Waals surface area contributed by atoms with E-state index < -0.39 is 24.2 Å². The summed E-state index contributed by atoms with van der Waals surface area (Å²) in [5.41, 5.74) is 0. The smallest absolute Gasteiger partial charge is 0.393 e. The van der Waals surface area contributed by atoms with Crippen LogP contribution in [0.25, 0.3) is 0 Å². The molecule has 3 atom stereocenters. The zero-order valence-corrected chi connectivity index (χ0v) is 9.48. The molecular weight excluding hydrogens is 233 g/mol. The minimum atomic E-state index is -4.22. The van der Waals surface area contributed by atoms with Crippen molar-refractivity contribution >= 4 is 0 Å². The fourth-order valence-electron chi connectivity index (χ4n) is 2.55. The molecule has 0 amide bonds. The third-order valence-electron chi connectivity index (χ3n) is 3.43. The van der Waals surface area contributed by atoms with E-state index in [1.165, 1.54) is 10.8 Å². The van der Waals surface area contributed by atoms with Crippen molar-refractivity contribution in [3.63, 3.8) is 0 Å². The molecule has 1 N–H and O–H groups in total. The summed E-state index contributed by atoms with van der Waals surface area (Å²) < 4.78 is 40.3. The molecule has 0 saturated heterocycles. The summed E-state index contributed by atoms with van der Waals surface area (Å²) in [6.45, 7) is 1.68. The minimum Gasteiger partial charge on any atom is -0.393 e. The van der Waals surface area contributed by atoms with Gasteiger partial charge in [0.2, 0.25) is 0 Å². The second-order valence-electron chi connectivity index (χ2n) is 4.56. The molecule has 1 aromatic rings. The Morgan fingerprint density at radius 2 is 2.12 bits per heavy atom. The summed E-state index contributed by atoms with van der Waals surface area (Å²) in [6.07, 6.45) is -1.49. The first-order valence-electron chi connectivity index (χ1n) is 5.64. The molecule has 1 aromatic heterocycles. The third-order valence-corrected chi connectivity index (χ3v) is 3.43. The van der Waals surface area contributed by atoms with E-state index in [1.807, 2.05) is 0 Å². The number of aliphatic hydroxyl groups is 1. The summed E-state index contributed by atoms with van der Waals surface area (Å²) in [6, 6.07) is -0.735. The molecule has 1 saturated carbocycles. The molecule has 6 heteroatoms. The zero-order valence-electron chi connectivity index (χ0n) is 9.48. The second kappa shape index (κ2) is 4.33. The lowest BCUT2D eigenvalue weighted by atomic mass is 9.82. The van der Waals surface area contributed by atoms with Gasteiger partial charge < -0.3 is 9.67 Å². The highest BCUT2D eigenvalue weighted by Crippen LogP contribution is 2.44. The Hall–Kier alpha value is -1.04. The molecule has 3 nitrogen and oxygen atoms in total. The van der Waals surface area contributed by atoms with E-state index in [0.717, 1.165) is 0 Å². The molecule has 96 valence electrons. The normalized spacial score (nSPS) is 30.5. The van der Waals surface area contributed by atoms with Crippen LogP contribution in [0.5, 0.6) is 0 Å². The van der Waals surface area contributed by atoms with Gasteiger partial charge in [-0.1, -0.05) is 0 Å². The molecule has 1 fully saturated rings. The predicted octanol–water partition coefficient (Wildman–Crippen LogP) is 2.46. The number of aliphatic hydroxyl groups excluding tert-OH is 1. The lowest BCUT2D eigenvalue weighted by Crippen LogP contribution is -2.38. The highest BCUT2D eigenvalue weighted by atomic mass is 19.4. The van der Waals surface area contributed by atoms with Crippen molar-refractivity contribution < 1.29 is 18.3 Å². The summed E-state index contributed by atoms with van der Waals surface area (Å²) in [7, 11) is 0. The maximum absolute atomic E-state index is 12.9. The Morgan fingerprint density at radius 3 is 2.65 bits per heavy atom. The predicted molar refractivity (Wildman–Crippen MR) is 55.4 cm³/mol. The van der Waals surface area contributed by atoms with Crippen molar-refractivity contribution in [3.05, 3.63) is 18.2 Å². The van der Waals surface area contributed by atoms with Crippen LogP contribution in [-0.4, -0.2) is 26.9 Å². The van der Waals surface area contributed by atoms with Gasteiger partial charge in [-0.15, -0.1) is 0 Å². The topological polar surface area (TPSA) is 38.0 Å². The Labute approximate surface area is 97.3 Å². The highest BCUT2D eigenvalue weighted by molar-refractivity contribution is 4.97. The standard InChI is InChI=1S/C11H15F3N2O/c1-7-15-4-5-16(7)10-6-8(17)2-3-9(10)11(12,13)14/h4-5,8-10,17H,2-3,6H2,1H3. The molecule has 1 aliphatic carbocycles. The van der Waals surface area contributed by atoms with Gasteiger partial charge in [-0.25, -0.2) is 4.98 Å². The van der Waals surface area contributed by atoms with Crippen molar-refractivity contribution in [1.29, 1.82) is 0 Å². The third kappa shape index (κ3) is 2.46. The molecule has 0 bridgehead atoms. The number of aryl methyl sites for hydroxylation is 1. The average molecular weight is 248 g/mol. The van der Waals surface area contributed by atoms with Gasteiger partial charge in [0.1, 0.15) is 5.82 Å². The van der Waals surface area contributed by atoms with Crippen LogP contribution in [0.2, 0.25) is 0 Å². The van der Waals surface area contributed by atoms with Crippen LogP contribution < -0.4 is 0 Å². The van der Waals surface area contributed by atoms with Gasteiger partial charge in [-0.3, -0.25) is 0 Å². The van der Waals surface area contributed by atoms with Crippen LogP contribution in [0.15, 0.2) is 12.4 Å². The summed E-state index contributed by atoms with van der Waals surface area (Å²) in [5, 5.41) is 9.55. The maximum atomic E-state index is 12.9. The van der Waals surface area contributed by atoms with E-state index in [9.17, 15) is 18.3 Å². The maximum Gasteiger partial charge on any atom is 0.393 e. The Bertz CT molecular complexity index is 388. The summed E-state index contributed by atoms with van der Waals surface area (Å²) in [5.74, 6) is -0.836. The minimum absolute atomic E-state index is 0.0209. The van der Waals surface area contributed by atoms with Gasteiger partial charge in [0.05, 0.1) is 12.0 Å². The molecule has 0 aromatic carbocycles. The van der Waals surface area contributed by atoms with E-state index in [-0.39, 0.29) is 19.3 Å². The number of halogens is 3. The first kappa shape index (κ1) is 12.4. The molecule has 0 spiro atoms. The molecule has 0 radical (unpaired) electrons.